The van der Waals surface area contributed by atoms with Crippen LogP contribution >= 0.6 is 0 Å². The Labute approximate surface area is 116 Å². The fourth-order valence-electron chi connectivity index (χ4n) is 2.55. The summed E-state index contributed by atoms with van der Waals surface area (Å²) in [5, 5.41) is 3.99. The average Bonchev–Trinajstić information content (AvgIpc) is 2.98. The lowest BCUT2D eigenvalue weighted by Gasteiger charge is -2.32. The molecule has 0 radical (unpaired) electrons. The van der Waals surface area contributed by atoms with Gasteiger partial charge < -0.3 is 9.42 Å². The Kier molecular flexibility index (Phi) is 3.45. The number of carbonyl (C=O) groups excluding carboxylic acids is 1. The molecule has 0 unspecified atom stereocenters. The third-order valence-electron chi connectivity index (χ3n) is 3.55. The van der Waals surface area contributed by atoms with Gasteiger partial charge in [0, 0.05) is 31.4 Å². The van der Waals surface area contributed by atoms with Crippen LogP contribution in [0.4, 0.5) is 0 Å². The van der Waals surface area contributed by atoms with Crippen LogP contribution in [0, 0.1) is 0 Å². The van der Waals surface area contributed by atoms with Crippen molar-refractivity contribution in [3.05, 3.63) is 30.4 Å². The van der Waals surface area contributed by atoms with Gasteiger partial charge in [0.25, 0.3) is 0 Å². The SMILES string of the molecule is CC(=O)N1CCCC[C@@H]1c1nc(-c2cccnc2)no1. The minimum atomic E-state index is -0.0980. The summed E-state index contributed by atoms with van der Waals surface area (Å²) in [5.74, 6) is 1.08. The second-order valence-electron chi connectivity index (χ2n) is 4.92. The highest BCUT2D eigenvalue weighted by atomic mass is 16.5. The number of rotatable bonds is 2. The predicted octanol–water partition coefficient (Wildman–Crippen LogP) is 2.21. The number of carbonyl (C=O) groups is 1. The molecule has 0 saturated carbocycles. The standard InChI is InChI=1S/C14H16N4O2/c1-10(19)18-8-3-2-6-12(18)14-16-13(17-20-14)11-5-4-7-15-9-11/h4-5,7,9,12H,2-3,6,8H2,1H3/t12-/m1/s1. The van der Waals surface area contributed by atoms with Crippen LogP contribution in [0.3, 0.4) is 0 Å². The van der Waals surface area contributed by atoms with E-state index in [-0.39, 0.29) is 11.9 Å². The largest absolute Gasteiger partial charge is 0.337 e. The van der Waals surface area contributed by atoms with Gasteiger partial charge in [-0.3, -0.25) is 9.78 Å². The lowest BCUT2D eigenvalue weighted by Crippen LogP contribution is -2.37. The fraction of sp³-hybridized carbons (Fsp3) is 0.429. The summed E-state index contributed by atoms with van der Waals surface area (Å²) >= 11 is 0. The van der Waals surface area contributed by atoms with E-state index in [4.69, 9.17) is 4.52 Å². The van der Waals surface area contributed by atoms with Crippen LogP contribution in [0.1, 0.15) is 38.1 Å². The molecule has 104 valence electrons. The lowest BCUT2D eigenvalue weighted by atomic mass is 10.0. The molecule has 1 saturated heterocycles. The Balaban J connectivity index is 1.87. The highest BCUT2D eigenvalue weighted by Crippen LogP contribution is 2.30. The lowest BCUT2D eigenvalue weighted by molar-refractivity contribution is -0.133. The van der Waals surface area contributed by atoms with Crippen molar-refractivity contribution >= 4 is 5.91 Å². The third kappa shape index (κ3) is 2.41. The van der Waals surface area contributed by atoms with Gasteiger partial charge in [0.2, 0.25) is 17.6 Å². The Morgan fingerprint density at radius 1 is 1.45 bits per heavy atom. The molecule has 1 aliphatic heterocycles. The van der Waals surface area contributed by atoms with E-state index in [1.807, 2.05) is 17.0 Å². The van der Waals surface area contributed by atoms with Gasteiger partial charge >= 0.3 is 0 Å². The number of piperidine rings is 1. The van der Waals surface area contributed by atoms with E-state index in [0.29, 0.717) is 11.7 Å². The Hall–Kier alpha value is -2.24. The Bertz CT molecular complexity index is 596. The number of likely N-dealkylation sites (tertiary alicyclic amines) is 1. The average molecular weight is 272 g/mol. The van der Waals surface area contributed by atoms with Crippen molar-refractivity contribution in [3.8, 4) is 11.4 Å². The van der Waals surface area contributed by atoms with E-state index in [9.17, 15) is 4.79 Å². The first-order valence-electron chi connectivity index (χ1n) is 6.77. The zero-order valence-corrected chi connectivity index (χ0v) is 11.3. The van der Waals surface area contributed by atoms with Crippen molar-refractivity contribution in [2.24, 2.45) is 0 Å². The van der Waals surface area contributed by atoms with Crippen LogP contribution in [0.2, 0.25) is 0 Å². The second-order valence-corrected chi connectivity index (χ2v) is 4.92. The normalized spacial score (nSPS) is 19.1. The van der Waals surface area contributed by atoms with Gasteiger partial charge in [-0.1, -0.05) is 5.16 Å². The molecule has 6 nitrogen and oxygen atoms in total. The number of nitrogens with zero attached hydrogens (tertiary/aromatic N) is 4. The molecule has 1 amide bonds. The molecule has 0 aromatic carbocycles. The molecule has 1 atom stereocenters. The van der Waals surface area contributed by atoms with Gasteiger partial charge in [0.1, 0.15) is 6.04 Å². The fourth-order valence-corrected chi connectivity index (χ4v) is 2.55. The summed E-state index contributed by atoms with van der Waals surface area (Å²) in [6.07, 6.45) is 6.36. The monoisotopic (exact) mass is 272 g/mol. The van der Waals surface area contributed by atoms with Crippen LogP contribution in [-0.4, -0.2) is 32.5 Å². The van der Waals surface area contributed by atoms with Crippen molar-refractivity contribution in [3.63, 3.8) is 0 Å². The van der Waals surface area contributed by atoms with Crippen molar-refractivity contribution < 1.29 is 9.32 Å². The number of aromatic nitrogens is 3. The molecule has 2 aromatic rings. The second kappa shape index (κ2) is 5.40. The molecule has 2 aromatic heterocycles. The minimum absolute atomic E-state index is 0.0517. The predicted molar refractivity (Wildman–Crippen MR) is 71.5 cm³/mol. The van der Waals surface area contributed by atoms with Gasteiger partial charge in [0.15, 0.2) is 0 Å². The maximum absolute atomic E-state index is 11.7. The zero-order valence-electron chi connectivity index (χ0n) is 11.3. The first-order valence-corrected chi connectivity index (χ1v) is 6.77. The maximum Gasteiger partial charge on any atom is 0.249 e. The van der Waals surface area contributed by atoms with Crippen molar-refractivity contribution in [1.29, 1.82) is 0 Å². The molecule has 1 aliphatic rings. The number of hydrogen-bond donors (Lipinski definition) is 0. The Morgan fingerprint density at radius 3 is 3.10 bits per heavy atom. The van der Waals surface area contributed by atoms with E-state index in [1.165, 1.54) is 0 Å². The summed E-state index contributed by atoms with van der Waals surface area (Å²) in [6, 6.07) is 3.61. The van der Waals surface area contributed by atoms with Crippen molar-refractivity contribution in [2.75, 3.05) is 6.54 Å². The highest BCUT2D eigenvalue weighted by Gasteiger charge is 2.30. The smallest absolute Gasteiger partial charge is 0.249 e. The van der Waals surface area contributed by atoms with Crippen LogP contribution in [0.5, 0.6) is 0 Å². The maximum atomic E-state index is 11.7. The molecule has 20 heavy (non-hydrogen) atoms. The summed E-state index contributed by atoms with van der Waals surface area (Å²) < 4.78 is 5.36. The van der Waals surface area contributed by atoms with E-state index in [1.54, 1.807) is 19.3 Å². The van der Waals surface area contributed by atoms with Gasteiger partial charge in [-0.2, -0.15) is 4.98 Å². The third-order valence-corrected chi connectivity index (χ3v) is 3.55. The topological polar surface area (TPSA) is 72.1 Å². The number of hydrogen-bond acceptors (Lipinski definition) is 5. The number of amides is 1. The van der Waals surface area contributed by atoms with Crippen LogP contribution in [-0.2, 0) is 4.79 Å². The van der Waals surface area contributed by atoms with Crippen molar-refractivity contribution in [1.82, 2.24) is 20.0 Å². The molecule has 0 aliphatic carbocycles. The molecule has 0 spiro atoms. The molecular weight excluding hydrogens is 256 g/mol. The van der Waals surface area contributed by atoms with E-state index >= 15 is 0 Å². The summed E-state index contributed by atoms with van der Waals surface area (Å²) in [5.41, 5.74) is 0.813. The molecule has 1 fully saturated rings. The molecular formula is C14H16N4O2. The first-order chi connectivity index (χ1) is 9.75. The van der Waals surface area contributed by atoms with Crippen LogP contribution in [0.25, 0.3) is 11.4 Å². The molecule has 0 N–H and O–H groups in total. The van der Waals surface area contributed by atoms with Crippen molar-refractivity contribution in [2.45, 2.75) is 32.2 Å². The highest BCUT2D eigenvalue weighted by molar-refractivity contribution is 5.73. The number of pyridine rings is 1. The van der Waals surface area contributed by atoms with Gasteiger partial charge in [-0.05, 0) is 31.4 Å². The molecule has 0 bridgehead atoms. The van der Waals surface area contributed by atoms with Gasteiger partial charge in [-0.15, -0.1) is 0 Å². The zero-order chi connectivity index (χ0) is 13.9. The van der Waals surface area contributed by atoms with E-state index in [2.05, 4.69) is 15.1 Å². The van der Waals surface area contributed by atoms with E-state index in [0.717, 1.165) is 31.4 Å². The summed E-state index contributed by atoms with van der Waals surface area (Å²) in [4.78, 5) is 22.0. The summed E-state index contributed by atoms with van der Waals surface area (Å²) in [6.45, 7) is 2.33. The minimum Gasteiger partial charge on any atom is -0.337 e. The van der Waals surface area contributed by atoms with Gasteiger partial charge in [-0.25, -0.2) is 0 Å². The molecule has 3 heterocycles. The summed E-state index contributed by atoms with van der Waals surface area (Å²) in [7, 11) is 0. The van der Waals surface area contributed by atoms with Crippen LogP contribution in [0.15, 0.2) is 29.0 Å². The quantitative estimate of drug-likeness (QED) is 0.838. The Morgan fingerprint density at radius 2 is 2.35 bits per heavy atom. The van der Waals surface area contributed by atoms with Gasteiger partial charge in [0.05, 0.1) is 0 Å². The van der Waals surface area contributed by atoms with Crippen LogP contribution < -0.4 is 0 Å². The first kappa shape index (κ1) is 12.8. The molecule has 6 heteroatoms. The van der Waals surface area contributed by atoms with E-state index < -0.39 is 0 Å². The molecule has 3 rings (SSSR count).